The van der Waals surface area contributed by atoms with Crippen LogP contribution in [0.5, 0.6) is 0 Å². The van der Waals surface area contributed by atoms with E-state index in [1.54, 1.807) is 0 Å². The molecular weight excluding hydrogens is 322 g/mol. The molecular formula is C14H14BrN3S. The van der Waals surface area contributed by atoms with Crippen LogP contribution in [0.3, 0.4) is 0 Å². The van der Waals surface area contributed by atoms with Crippen LogP contribution < -0.4 is 11.1 Å². The Morgan fingerprint density at radius 1 is 1.26 bits per heavy atom. The Bertz CT molecular complexity index is 641. The average Bonchev–Trinajstić information content (AvgIpc) is 2.35. The van der Waals surface area contributed by atoms with E-state index in [-0.39, 0.29) is 0 Å². The normalized spacial score (nSPS) is 10.3. The molecule has 0 amide bonds. The lowest BCUT2D eigenvalue weighted by Gasteiger charge is -2.13. The zero-order chi connectivity index (χ0) is 14.0. The van der Waals surface area contributed by atoms with Crippen molar-refractivity contribution in [1.29, 1.82) is 0 Å². The second-order valence-electron chi connectivity index (χ2n) is 4.25. The van der Waals surface area contributed by atoms with Crippen molar-refractivity contribution in [3.63, 3.8) is 0 Å². The molecule has 0 saturated heterocycles. The standard InChI is InChI=1S/C14H14BrN3S/c1-8-6-7-10(13(16)19)14(17-8)18-12-5-3-4-11(15)9(12)2/h3-7H,1-2H3,(H2,16,19)(H,17,18). The number of anilines is 2. The van der Waals surface area contributed by atoms with Gasteiger partial charge in [0, 0.05) is 15.9 Å². The number of pyridine rings is 1. The van der Waals surface area contributed by atoms with E-state index in [0.29, 0.717) is 10.8 Å². The molecule has 0 fully saturated rings. The summed E-state index contributed by atoms with van der Waals surface area (Å²) in [4.78, 5) is 4.80. The van der Waals surface area contributed by atoms with Gasteiger partial charge >= 0.3 is 0 Å². The van der Waals surface area contributed by atoms with E-state index in [9.17, 15) is 0 Å². The maximum atomic E-state index is 5.73. The molecule has 2 aromatic rings. The number of benzene rings is 1. The topological polar surface area (TPSA) is 50.9 Å². The number of nitrogens with zero attached hydrogens (tertiary/aromatic N) is 1. The Morgan fingerprint density at radius 3 is 2.68 bits per heavy atom. The molecule has 0 atom stereocenters. The van der Waals surface area contributed by atoms with E-state index in [4.69, 9.17) is 18.0 Å². The number of nitrogens with one attached hydrogen (secondary N) is 1. The van der Waals surface area contributed by atoms with Crippen LogP contribution in [0.4, 0.5) is 11.5 Å². The third kappa shape index (κ3) is 3.11. The summed E-state index contributed by atoms with van der Waals surface area (Å²) in [5.74, 6) is 0.689. The van der Waals surface area contributed by atoms with Crippen molar-refractivity contribution in [2.45, 2.75) is 13.8 Å². The Morgan fingerprint density at radius 2 is 2.00 bits per heavy atom. The Balaban J connectivity index is 2.45. The van der Waals surface area contributed by atoms with Crippen molar-refractivity contribution < 1.29 is 0 Å². The summed E-state index contributed by atoms with van der Waals surface area (Å²) in [6.45, 7) is 3.96. The number of nitrogens with two attached hydrogens (primary N) is 1. The summed E-state index contributed by atoms with van der Waals surface area (Å²) in [5.41, 5.74) is 9.48. The zero-order valence-electron chi connectivity index (χ0n) is 10.7. The van der Waals surface area contributed by atoms with E-state index in [0.717, 1.165) is 27.0 Å². The van der Waals surface area contributed by atoms with Crippen LogP contribution in [0, 0.1) is 13.8 Å². The van der Waals surface area contributed by atoms with Crippen LogP contribution in [-0.4, -0.2) is 9.97 Å². The van der Waals surface area contributed by atoms with Crippen molar-refractivity contribution in [2.75, 3.05) is 5.32 Å². The maximum Gasteiger partial charge on any atom is 0.140 e. The first kappa shape index (κ1) is 14.0. The molecule has 5 heteroatoms. The quantitative estimate of drug-likeness (QED) is 0.836. The second kappa shape index (κ2) is 5.67. The highest BCUT2D eigenvalue weighted by Crippen LogP contribution is 2.27. The van der Waals surface area contributed by atoms with Gasteiger partial charge in [-0.2, -0.15) is 0 Å². The largest absolute Gasteiger partial charge is 0.389 e. The van der Waals surface area contributed by atoms with Crippen LogP contribution in [0.2, 0.25) is 0 Å². The molecule has 1 aromatic heterocycles. The Labute approximate surface area is 126 Å². The lowest BCUT2D eigenvalue weighted by molar-refractivity contribution is 1.19. The first-order chi connectivity index (χ1) is 8.99. The van der Waals surface area contributed by atoms with Gasteiger partial charge in [0.15, 0.2) is 0 Å². The predicted molar refractivity (Wildman–Crippen MR) is 87.0 cm³/mol. The summed E-state index contributed by atoms with van der Waals surface area (Å²) < 4.78 is 1.04. The van der Waals surface area contributed by atoms with Gasteiger partial charge in [0.05, 0.1) is 5.56 Å². The Kier molecular flexibility index (Phi) is 4.17. The molecule has 0 saturated carbocycles. The molecule has 0 unspecified atom stereocenters. The van der Waals surface area contributed by atoms with Gasteiger partial charge in [-0.25, -0.2) is 4.98 Å². The fraction of sp³-hybridized carbons (Fsp3) is 0.143. The summed E-state index contributed by atoms with van der Waals surface area (Å²) in [5, 5.41) is 3.30. The predicted octanol–water partition coefficient (Wildman–Crippen LogP) is 3.84. The summed E-state index contributed by atoms with van der Waals surface area (Å²) >= 11 is 8.57. The maximum absolute atomic E-state index is 5.73. The number of hydrogen-bond acceptors (Lipinski definition) is 3. The van der Waals surface area contributed by atoms with Crippen molar-refractivity contribution in [1.82, 2.24) is 4.98 Å². The average molecular weight is 336 g/mol. The summed E-state index contributed by atoms with van der Waals surface area (Å²) in [6, 6.07) is 9.75. The molecule has 1 aromatic carbocycles. The molecule has 3 N–H and O–H groups in total. The van der Waals surface area contributed by atoms with Crippen molar-refractivity contribution in [3.8, 4) is 0 Å². The molecule has 0 aliphatic heterocycles. The molecule has 0 spiro atoms. The van der Waals surface area contributed by atoms with Crippen LogP contribution in [0.1, 0.15) is 16.8 Å². The van der Waals surface area contributed by atoms with Gasteiger partial charge in [-0.1, -0.05) is 34.2 Å². The highest BCUT2D eigenvalue weighted by atomic mass is 79.9. The second-order valence-corrected chi connectivity index (χ2v) is 5.54. The minimum Gasteiger partial charge on any atom is -0.389 e. The SMILES string of the molecule is Cc1ccc(C(N)=S)c(Nc2cccc(Br)c2C)n1. The van der Waals surface area contributed by atoms with Crippen molar-refractivity contribution >= 4 is 44.6 Å². The van der Waals surface area contributed by atoms with E-state index >= 15 is 0 Å². The van der Waals surface area contributed by atoms with Gasteiger partial charge < -0.3 is 11.1 Å². The third-order valence-electron chi connectivity index (χ3n) is 2.82. The lowest BCUT2D eigenvalue weighted by Crippen LogP contribution is -2.13. The van der Waals surface area contributed by atoms with E-state index in [1.807, 2.05) is 44.2 Å². The summed E-state index contributed by atoms with van der Waals surface area (Å²) in [6.07, 6.45) is 0. The molecule has 0 aliphatic rings. The van der Waals surface area contributed by atoms with Gasteiger partial charge in [0.1, 0.15) is 10.8 Å². The number of hydrogen-bond donors (Lipinski definition) is 2. The molecule has 2 rings (SSSR count). The fourth-order valence-electron chi connectivity index (χ4n) is 1.72. The fourth-order valence-corrected chi connectivity index (χ4v) is 2.25. The van der Waals surface area contributed by atoms with Crippen molar-refractivity contribution in [2.24, 2.45) is 5.73 Å². The van der Waals surface area contributed by atoms with Gasteiger partial charge in [-0.05, 0) is 43.7 Å². The number of halogens is 1. The lowest BCUT2D eigenvalue weighted by atomic mass is 10.2. The number of rotatable bonds is 3. The van der Waals surface area contributed by atoms with Crippen LogP contribution in [0.15, 0.2) is 34.8 Å². The van der Waals surface area contributed by atoms with Gasteiger partial charge in [0.25, 0.3) is 0 Å². The van der Waals surface area contributed by atoms with E-state index < -0.39 is 0 Å². The first-order valence-corrected chi connectivity index (χ1v) is 6.98. The van der Waals surface area contributed by atoms with Crippen LogP contribution >= 0.6 is 28.1 Å². The number of aromatic nitrogens is 1. The first-order valence-electron chi connectivity index (χ1n) is 5.78. The minimum atomic E-state index is 0.336. The van der Waals surface area contributed by atoms with E-state index in [2.05, 4.69) is 26.2 Å². The monoisotopic (exact) mass is 335 g/mol. The summed E-state index contributed by atoms with van der Waals surface area (Å²) in [7, 11) is 0. The molecule has 19 heavy (non-hydrogen) atoms. The molecule has 0 aliphatic carbocycles. The molecule has 3 nitrogen and oxygen atoms in total. The zero-order valence-corrected chi connectivity index (χ0v) is 13.1. The van der Waals surface area contributed by atoms with Crippen LogP contribution in [0.25, 0.3) is 0 Å². The molecule has 1 heterocycles. The third-order valence-corrected chi connectivity index (χ3v) is 3.90. The number of thiocarbonyl (C=S) groups is 1. The van der Waals surface area contributed by atoms with Crippen molar-refractivity contribution in [3.05, 3.63) is 51.6 Å². The highest BCUT2D eigenvalue weighted by molar-refractivity contribution is 9.10. The minimum absolute atomic E-state index is 0.336. The van der Waals surface area contributed by atoms with Gasteiger partial charge in [-0.15, -0.1) is 0 Å². The molecule has 0 bridgehead atoms. The molecule has 0 radical (unpaired) electrons. The highest BCUT2D eigenvalue weighted by Gasteiger charge is 2.09. The van der Waals surface area contributed by atoms with E-state index in [1.165, 1.54) is 0 Å². The van der Waals surface area contributed by atoms with Gasteiger partial charge in [-0.3, -0.25) is 0 Å². The van der Waals surface area contributed by atoms with Crippen LogP contribution in [-0.2, 0) is 0 Å². The van der Waals surface area contributed by atoms with Gasteiger partial charge in [0.2, 0.25) is 0 Å². The molecule has 98 valence electrons. The number of aryl methyl sites for hydroxylation is 1. The Hall–Kier alpha value is -1.46. The smallest absolute Gasteiger partial charge is 0.140 e.